The molecule has 0 spiro atoms. The first-order valence-corrected chi connectivity index (χ1v) is 8.50. The molecule has 0 unspecified atom stereocenters. The monoisotopic (exact) mass is 349 g/mol. The van der Waals surface area contributed by atoms with Gasteiger partial charge >= 0.3 is 0 Å². The zero-order valence-electron chi connectivity index (χ0n) is 11.3. The first-order valence-electron chi connectivity index (χ1n) is 6.22. The third-order valence-corrected chi connectivity index (χ3v) is 5.13. The van der Waals surface area contributed by atoms with Crippen molar-refractivity contribution in [2.24, 2.45) is 0 Å². The molecular weight excluding hydrogens is 330 g/mol. The van der Waals surface area contributed by atoms with E-state index in [0.29, 0.717) is 11.0 Å². The summed E-state index contributed by atoms with van der Waals surface area (Å²) in [7, 11) is -1.76. The van der Waals surface area contributed by atoms with Crippen LogP contribution < -0.4 is 4.72 Å². The van der Waals surface area contributed by atoms with Crippen LogP contribution in [0, 0.1) is 6.92 Å². The van der Waals surface area contributed by atoms with Crippen molar-refractivity contribution in [3.05, 3.63) is 28.2 Å². The summed E-state index contributed by atoms with van der Waals surface area (Å²) in [6.07, 6.45) is 2.71. The molecule has 108 valence electrons. The quantitative estimate of drug-likeness (QED) is 0.734. The van der Waals surface area contributed by atoms with E-state index in [4.69, 9.17) is 4.74 Å². The Morgan fingerprint density at radius 2 is 2.00 bits per heavy atom. The fourth-order valence-electron chi connectivity index (χ4n) is 1.66. The lowest BCUT2D eigenvalue weighted by molar-refractivity contribution is 0.192. The van der Waals surface area contributed by atoms with Crippen molar-refractivity contribution in [3.8, 4) is 0 Å². The second-order valence-corrected chi connectivity index (χ2v) is 6.97. The second-order valence-electron chi connectivity index (χ2n) is 4.39. The molecule has 1 rings (SSSR count). The van der Waals surface area contributed by atoms with Gasteiger partial charge in [-0.15, -0.1) is 0 Å². The summed E-state index contributed by atoms with van der Waals surface area (Å²) < 4.78 is 32.3. The van der Waals surface area contributed by atoms with Crippen LogP contribution in [0.2, 0.25) is 0 Å². The van der Waals surface area contributed by atoms with Gasteiger partial charge in [0, 0.05) is 24.7 Å². The van der Waals surface area contributed by atoms with E-state index < -0.39 is 10.0 Å². The summed E-state index contributed by atoms with van der Waals surface area (Å²) in [5, 5.41) is 0. The molecule has 0 bridgehead atoms. The summed E-state index contributed by atoms with van der Waals surface area (Å²) in [6.45, 7) is 3.09. The fourth-order valence-corrected chi connectivity index (χ4v) is 3.92. The Hall–Kier alpha value is -0.430. The fraction of sp³-hybridized carbons (Fsp3) is 0.538. The minimum atomic E-state index is -3.43. The number of nitrogens with one attached hydrogen (secondary N) is 1. The number of rotatable bonds is 8. The standard InChI is InChI=1S/C13H20BrNO3S/c1-11-6-7-13(12(14)10-11)19(16,17)15-8-4-3-5-9-18-2/h6-7,10,15H,3-5,8-9H2,1-2H3. The molecule has 0 radical (unpaired) electrons. The molecule has 6 heteroatoms. The van der Waals surface area contributed by atoms with Crippen molar-refractivity contribution in [1.29, 1.82) is 0 Å². The largest absolute Gasteiger partial charge is 0.385 e. The highest BCUT2D eigenvalue weighted by Crippen LogP contribution is 2.22. The van der Waals surface area contributed by atoms with E-state index in [9.17, 15) is 8.42 Å². The smallest absolute Gasteiger partial charge is 0.241 e. The lowest BCUT2D eigenvalue weighted by atomic mass is 10.2. The van der Waals surface area contributed by atoms with Gasteiger partial charge in [-0.2, -0.15) is 0 Å². The number of hydrogen-bond acceptors (Lipinski definition) is 3. The molecule has 0 fully saturated rings. The number of halogens is 1. The van der Waals surface area contributed by atoms with Gasteiger partial charge in [0.05, 0.1) is 4.90 Å². The summed E-state index contributed by atoms with van der Waals surface area (Å²) >= 11 is 3.29. The van der Waals surface area contributed by atoms with Crippen LogP contribution in [0.5, 0.6) is 0 Å². The average molecular weight is 350 g/mol. The maximum Gasteiger partial charge on any atom is 0.241 e. The van der Waals surface area contributed by atoms with Crippen LogP contribution in [0.25, 0.3) is 0 Å². The minimum absolute atomic E-state index is 0.287. The molecule has 0 aliphatic rings. The lowest BCUT2D eigenvalue weighted by Gasteiger charge is -2.09. The van der Waals surface area contributed by atoms with E-state index in [1.54, 1.807) is 25.3 Å². The second kappa shape index (κ2) is 7.99. The molecule has 1 aromatic carbocycles. The third kappa shape index (κ3) is 5.60. The molecule has 0 saturated carbocycles. The van der Waals surface area contributed by atoms with Gasteiger partial charge in [-0.3, -0.25) is 0 Å². The Balaban J connectivity index is 2.52. The molecule has 0 atom stereocenters. The minimum Gasteiger partial charge on any atom is -0.385 e. The first-order chi connectivity index (χ1) is 8.97. The summed E-state index contributed by atoms with van der Waals surface area (Å²) in [5.74, 6) is 0. The van der Waals surface area contributed by atoms with Gasteiger partial charge in [-0.1, -0.05) is 6.07 Å². The molecule has 0 aliphatic carbocycles. The molecule has 0 aromatic heterocycles. The maximum absolute atomic E-state index is 12.1. The number of ether oxygens (including phenoxy) is 1. The molecule has 1 aromatic rings. The molecule has 19 heavy (non-hydrogen) atoms. The molecule has 0 amide bonds. The van der Waals surface area contributed by atoms with Gasteiger partial charge < -0.3 is 4.74 Å². The number of hydrogen-bond donors (Lipinski definition) is 1. The summed E-state index contributed by atoms with van der Waals surface area (Å²) in [5.41, 5.74) is 1.02. The van der Waals surface area contributed by atoms with Crippen LogP contribution >= 0.6 is 15.9 Å². The SMILES string of the molecule is COCCCCCNS(=O)(=O)c1ccc(C)cc1Br. The number of aryl methyl sites for hydroxylation is 1. The Morgan fingerprint density at radius 1 is 1.26 bits per heavy atom. The highest BCUT2D eigenvalue weighted by atomic mass is 79.9. The Labute approximate surface area is 123 Å². The van der Waals surface area contributed by atoms with E-state index in [1.807, 2.05) is 6.92 Å². The van der Waals surface area contributed by atoms with E-state index in [2.05, 4.69) is 20.7 Å². The Morgan fingerprint density at radius 3 is 2.63 bits per heavy atom. The topological polar surface area (TPSA) is 55.4 Å². The van der Waals surface area contributed by atoms with Crippen LogP contribution in [0.3, 0.4) is 0 Å². The zero-order valence-corrected chi connectivity index (χ0v) is 13.7. The third-order valence-electron chi connectivity index (χ3n) is 2.69. The van der Waals surface area contributed by atoms with Crippen molar-refractivity contribution in [2.45, 2.75) is 31.1 Å². The predicted octanol–water partition coefficient (Wildman–Crippen LogP) is 2.85. The molecule has 0 saturated heterocycles. The van der Waals surface area contributed by atoms with Gasteiger partial charge in [0.25, 0.3) is 0 Å². The molecule has 0 aliphatic heterocycles. The van der Waals surface area contributed by atoms with Crippen LogP contribution in [-0.2, 0) is 14.8 Å². The van der Waals surface area contributed by atoms with Gasteiger partial charge in [-0.05, 0) is 59.8 Å². The number of benzene rings is 1. The highest BCUT2D eigenvalue weighted by molar-refractivity contribution is 9.10. The average Bonchev–Trinajstić information content (AvgIpc) is 2.33. The van der Waals surface area contributed by atoms with Crippen molar-refractivity contribution >= 4 is 26.0 Å². The summed E-state index contributed by atoms with van der Waals surface area (Å²) in [4.78, 5) is 0.287. The lowest BCUT2D eigenvalue weighted by Crippen LogP contribution is -2.25. The van der Waals surface area contributed by atoms with E-state index >= 15 is 0 Å². The van der Waals surface area contributed by atoms with Crippen LogP contribution in [0.4, 0.5) is 0 Å². The van der Waals surface area contributed by atoms with Gasteiger partial charge in [0.1, 0.15) is 0 Å². The van der Waals surface area contributed by atoms with Crippen molar-refractivity contribution in [1.82, 2.24) is 4.72 Å². The van der Waals surface area contributed by atoms with E-state index in [-0.39, 0.29) is 4.90 Å². The maximum atomic E-state index is 12.1. The Kier molecular flexibility index (Phi) is 6.99. The molecule has 1 N–H and O–H groups in total. The van der Waals surface area contributed by atoms with Gasteiger partial charge in [0.15, 0.2) is 0 Å². The number of sulfonamides is 1. The highest BCUT2D eigenvalue weighted by Gasteiger charge is 2.16. The molecular formula is C13H20BrNO3S. The van der Waals surface area contributed by atoms with Gasteiger partial charge in [0.2, 0.25) is 10.0 Å². The predicted molar refractivity (Wildman–Crippen MR) is 79.8 cm³/mol. The van der Waals surface area contributed by atoms with Gasteiger partial charge in [-0.25, -0.2) is 13.1 Å². The van der Waals surface area contributed by atoms with E-state index in [1.165, 1.54) is 0 Å². The first kappa shape index (κ1) is 16.6. The number of unbranched alkanes of at least 4 members (excludes halogenated alkanes) is 2. The van der Waals surface area contributed by atoms with Crippen molar-refractivity contribution in [2.75, 3.05) is 20.3 Å². The molecule has 4 nitrogen and oxygen atoms in total. The van der Waals surface area contributed by atoms with Crippen LogP contribution in [-0.4, -0.2) is 28.7 Å². The Bertz CT molecular complexity index is 503. The van der Waals surface area contributed by atoms with E-state index in [0.717, 1.165) is 31.4 Å². The van der Waals surface area contributed by atoms with Crippen molar-refractivity contribution < 1.29 is 13.2 Å². The van der Waals surface area contributed by atoms with Crippen LogP contribution in [0.1, 0.15) is 24.8 Å². The molecule has 0 heterocycles. The summed E-state index contributed by atoms with van der Waals surface area (Å²) in [6, 6.07) is 5.21. The normalized spacial score (nSPS) is 11.7. The zero-order chi connectivity index (χ0) is 14.3. The number of methoxy groups -OCH3 is 1. The van der Waals surface area contributed by atoms with Crippen LogP contribution in [0.15, 0.2) is 27.6 Å². The van der Waals surface area contributed by atoms with Crippen molar-refractivity contribution in [3.63, 3.8) is 0 Å².